The Labute approximate surface area is 174 Å². The second-order valence-electron chi connectivity index (χ2n) is 7.56. The maximum absolute atomic E-state index is 14.0. The van der Waals surface area contributed by atoms with Crippen molar-refractivity contribution < 1.29 is 18.8 Å². The van der Waals surface area contributed by atoms with E-state index in [0.29, 0.717) is 25.9 Å². The Hall–Kier alpha value is -3.29. The number of amides is 4. The molecule has 0 N–H and O–H groups in total. The van der Waals surface area contributed by atoms with Crippen molar-refractivity contribution >= 4 is 17.8 Å². The molecular formula is C22H23FN4O3. The quantitative estimate of drug-likeness (QED) is 0.727. The standard InChI is InChI=1S/C22H23FN4O3/c1-2-26-20(29)22(27(21(26)30)15-16-7-4-3-5-8-16)10-13-25(14-11-22)19(28)18-17(23)9-6-12-24-18/h3-9,12H,2,10-11,13-15H2,1H3. The molecule has 2 aliphatic rings. The topological polar surface area (TPSA) is 73.8 Å². The van der Waals surface area contributed by atoms with Gasteiger partial charge in [-0.3, -0.25) is 14.5 Å². The molecule has 7 nitrogen and oxygen atoms in total. The van der Waals surface area contributed by atoms with Gasteiger partial charge in [0.25, 0.3) is 11.8 Å². The average Bonchev–Trinajstić information content (AvgIpc) is 2.96. The number of halogens is 1. The Morgan fingerprint density at radius 3 is 2.43 bits per heavy atom. The van der Waals surface area contributed by atoms with Gasteiger partial charge in [0.05, 0.1) is 0 Å². The molecule has 2 aromatic rings. The lowest BCUT2D eigenvalue weighted by molar-refractivity contribution is -0.135. The molecule has 3 heterocycles. The van der Waals surface area contributed by atoms with Gasteiger partial charge in [0.2, 0.25) is 0 Å². The highest BCUT2D eigenvalue weighted by Gasteiger charge is 2.57. The van der Waals surface area contributed by atoms with Gasteiger partial charge in [0.15, 0.2) is 11.5 Å². The van der Waals surface area contributed by atoms with Gasteiger partial charge in [-0.2, -0.15) is 0 Å². The number of nitrogens with zero attached hydrogens (tertiary/aromatic N) is 4. The van der Waals surface area contributed by atoms with Crippen molar-refractivity contribution in [2.75, 3.05) is 19.6 Å². The van der Waals surface area contributed by atoms with E-state index < -0.39 is 17.3 Å². The number of likely N-dealkylation sites (N-methyl/N-ethyl adjacent to an activating group) is 1. The van der Waals surface area contributed by atoms with Crippen LogP contribution in [-0.4, -0.2) is 62.7 Å². The SMILES string of the molecule is CCN1C(=O)N(Cc2ccccc2)C2(CCN(C(=O)c3ncccc3F)CC2)C1=O. The zero-order valence-corrected chi connectivity index (χ0v) is 16.8. The third-order valence-electron chi connectivity index (χ3n) is 5.96. The van der Waals surface area contributed by atoms with Crippen molar-refractivity contribution in [1.29, 1.82) is 0 Å². The predicted octanol–water partition coefficient (Wildman–Crippen LogP) is 2.68. The molecule has 1 spiro atoms. The van der Waals surface area contributed by atoms with E-state index in [1.807, 2.05) is 30.3 Å². The van der Waals surface area contributed by atoms with Crippen LogP contribution in [-0.2, 0) is 11.3 Å². The number of aromatic nitrogens is 1. The van der Waals surface area contributed by atoms with Crippen molar-refractivity contribution in [3.05, 3.63) is 65.7 Å². The van der Waals surface area contributed by atoms with Crippen LogP contribution in [0.4, 0.5) is 9.18 Å². The molecule has 2 fully saturated rings. The van der Waals surface area contributed by atoms with E-state index in [9.17, 15) is 18.8 Å². The second kappa shape index (κ2) is 7.85. The first kappa shape index (κ1) is 20.0. The highest BCUT2D eigenvalue weighted by atomic mass is 19.1. The maximum atomic E-state index is 14.0. The number of urea groups is 1. The lowest BCUT2D eigenvalue weighted by Gasteiger charge is -2.42. The van der Waals surface area contributed by atoms with Crippen molar-refractivity contribution in [3.63, 3.8) is 0 Å². The first-order valence-electron chi connectivity index (χ1n) is 10.0. The number of piperidine rings is 1. The molecule has 8 heteroatoms. The van der Waals surface area contributed by atoms with Crippen LogP contribution in [0.15, 0.2) is 48.7 Å². The van der Waals surface area contributed by atoms with E-state index in [1.165, 1.54) is 28.1 Å². The number of pyridine rings is 1. The molecule has 1 aromatic heterocycles. The van der Waals surface area contributed by atoms with Gasteiger partial charge in [-0.25, -0.2) is 14.2 Å². The summed E-state index contributed by atoms with van der Waals surface area (Å²) >= 11 is 0. The fraction of sp³-hybridized carbons (Fsp3) is 0.364. The van der Waals surface area contributed by atoms with E-state index >= 15 is 0 Å². The van der Waals surface area contributed by atoms with E-state index in [-0.39, 0.29) is 30.7 Å². The van der Waals surface area contributed by atoms with E-state index in [1.54, 1.807) is 11.8 Å². The van der Waals surface area contributed by atoms with Gasteiger partial charge < -0.3 is 9.80 Å². The average molecular weight is 410 g/mol. The zero-order chi connectivity index (χ0) is 21.3. The van der Waals surface area contributed by atoms with Gasteiger partial charge in [-0.05, 0) is 37.5 Å². The van der Waals surface area contributed by atoms with Crippen LogP contribution in [0.25, 0.3) is 0 Å². The number of hydrogen-bond donors (Lipinski definition) is 0. The number of carbonyl (C=O) groups is 3. The summed E-state index contributed by atoms with van der Waals surface area (Å²) < 4.78 is 14.0. The van der Waals surface area contributed by atoms with Crippen LogP contribution in [0.5, 0.6) is 0 Å². The number of hydrogen-bond acceptors (Lipinski definition) is 4. The number of benzene rings is 1. The molecule has 2 aliphatic heterocycles. The number of imide groups is 1. The third-order valence-corrected chi connectivity index (χ3v) is 5.96. The summed E-state index contributed by atoms with van der Waals surface area (Å²) in [7, 11) is 0. The first-order chi connectivity index (χ1) is 14.5. The lowest BCUT2D eigenvalue weighted by atomic mass is 9.85. The molecule has 0 saturated carbocycles. The summed E-state index contributed by atoms with van der Waals surface area (Å²) in [4.78, 5) is 47.2. The largest absolute Gasteiger partial charge is 0.337 e. The number of carbonyl (C=O) groups excluding carboxylic acids is 3. The summed E-state index contributed by atoms with van der Waals surface area (Å²) in [5.41, 5.74) is -0.272. The molecule has 0 radical (unpaired) electrons. The van der Waals surface area contributed by atoms with Crippen LogP contribution in [0.3, 0.4) is 0 Å². The smallest absolute Gasteiger partial charge is 0.327 e. The first-order valence-corrected chi connectivity index (χ1v) is 10.0. The molecule has 30 heavy (non-hydrogen) atoms. The third kappa shape index (κ3) is 3.22. The molecule has 1 aromatic carbocycles. The maximum Gasteiger partial charge on any atom is 0.327 e. The highest BCUT2D eigenvalue weighted by Crippen LogP contribution is 2.38. The van der Waals surface area contributed by atoms with Crippen LogP contribution in [0.1, 0.15) is 35.8 Å². The molecule has 2 saturated heterocycles. The predicted molar refractivity (Wildman–Crippen MR) is 107 cm³/mol. The molecule has 4 rings (SSSR count). The number of likely N-dealkylation sites (tertiary alicyclic amines) is 1. The Bertz CT molecular complexity index is 973. The Morgan fingerprint density at radius 1 is 1.10 bits per heavy atom. The van der Waals surface area contributed by atoms with Gasteiger partial charge in [-0.1, -0.05) is 30.3 Å². The van der Waals surface area contributed by atoms with E-state index in [2.05, 4.69) is 4.98 Å². The second-order valence-corrected chi connectivity index (χ2v) is 7.56. The zero-order valence-electron chi connectivity index (χ0n) is 16.8. The summed E-state index contributed by atoms with van der Waals surface area (Å²) in [5.74, 6) is -1.39. The molecule has 4 amide bonds. The monoisotopic (exact) mass is 410 g/mol. The molecule has 0 unspecified atom stereocenters. The Balaban J connectivity index is 1.57. The fourth-order valence-electron chi connectivity index (χ4n) is 4.30. The van der Waals surface area contributed by atoms with Crippen LogP contribution in [0.2, 0.25) is 0 Å². The summed E-state index contributed by atoms with van der Waals surface area (Å²) in [6, 6.07) is 11.9. The molecule has 156 valence electrons. The van der Waals surface area contributed by atoms with Crippen LogP contribution >= 0.6 is 0 Å². The normalized spacial score (nSPS) is 18.4. The van der Waals surface area contributed by atoms with Gasteiger partial charge >= 0.3 is 6.03 Å². The fourth-order valence-corrected chi connectivity index (χ4v) is 4.30. The Kier molecular flexibility index (Phi) is 5.24. The minimum absolute atomic E-state index is 0.220. The van der Waals surface area contributed by atoms with E-state index in [4.69, 9.17) is 0 Å². The van der Waals surface area contributed by atoms with Crippen molar-refractivity contribution in [2.45, 2.75) is 31.8 Å². The Morgan fingerprint density at radius 2 is 1.80 bits per heavy atom. The van der Waals surface area contributed by atoms with Crippen LogP contribution < -0.4 is 0 Å². The minimum atomic E-state index is -0.984. The van der Waals surface area contributed by atoms with Crippen molar-refractivity contribution in [1.82, 2.24) is 19.7 Å². The van der Waals surface area contributed by atoms with Gasteiger partial charge in [0, 0.05) is 32.4 Å². The summed E-state index contributed by atoms with van der Waals surface area (Å²) in [6.07, 6.45) is 1.99. The molecule has 0 atom stereocenters. The molecule has 0 bridgehead atoms. The molecular weight excluding hydrogens is 387 g/mol. The van der Waals surface area contributed by atoms with Crippen molar-refractivity contribution in [3.8, 4) is 0 Å². The highest BCUT2D eigenvalue weighted by molar-refractivity contribution is 6.07. The molecule has 0 aliphatic carbocycles. The van der Waals surface area contributed by atoms with Gasteiger partial charge in [0.1, 0.15) is 5.54 Å². The lowest BCUT2D eigenvalue weighted by Crippen LogP contribution is -2.57. The minimum Gasteiger partial charge on any atom is -0.337 e. The van der Waals surface area contributed by atoms with Crippen molar-refractivity contribution in [2.24, 2.45) is 0 Å². The summed E-state index contributed by atoms with van der Waals surface area (Å²) in [5, 5.41) is 0. The van der Waals surface area contributed by atoms with E-state index in [0.717, 1.165) is 5.56 Å². The van der Waals surface area contributed by atoms with Crippen LogP contribution in [0, 0.1) is 5.82 Å². The van der Waals surface area contributed by atoms with Gasteiger partial charge in [-0.15, -0.1) is 0 Å². The summed E-state index contributed by atoms with van der Waals surface area (Å²) in [6.45, 7) is 2.89. The number of rotatable bonds is 4.